The van der Waals surface area contributed by atoms with Crippen molar-refractivity contribution < 1.29 is 5.11 Å². The highest BCUT2D eigenvalue weighted by Crippen LogP contribution is 2.19. The average molecular weight is 176 g/mol. The fourth-order valence-electron chi connectivity index (χ4n) is 1.04. The molecule has 13 heavy (non-hydrogen) atoms. The van der Waals surface area contributed by atoms with Crippen LogP contribution in [-0.2, 0) is 5.60 Å². The van der Waals surface area contributed by atoms with Crippen molar-refractivity contribution in [2.75, 3.05) is 6.54 Å². The smallest absolute Gasteiger partial charge is 0.0991 e. The lowest BCUT2D eigenvalue weighted by atomic mass is 9.95. The van der Waals surface area contributed by atoms with E-state index < -0.39 is 5.60 Å². The second-order valence-corrected chi connectivity index (χ2v) is 3.17. The van der Waals surface area contributed by atoms with Gasteiger partial charge in [0, 0.05) is 6.54 Å². The van der Waals surface area contributed by atoms with Crippen LogP contribution in [0.15, 0.2) is 24.3 Å². The predicted molar refractivity (Wildman–Crippen MR) is 49.8 cm³/mol. The zero-order valence-corrected chi connectivity index (χ0v) is 7.49. The van der Waals surface area contributed by atoms with Crippen LogP contribution in [0.5, 0.6) is 0 Å². The first-order valence-corrected chi connectivity index (χ1v) is 4.03. The molecule has 1 atom stereocenters. The second kappa shape index (κ2) is 3.56. The molecular formula is C10H12N2O. The molecule has 0 aromatic heterocycles. The molecule has 1 aromatic carbocycles. The van der Waals surface area contributed by atoms with E-state index in [1.807, 2.05) is 6.07 Å². The molecule has 0 aliphatic rings. The highest BCUT2D eigenvalue weighted by Gasteiger charge is 2.20. The third-order valence-electron chi connectivity index (χ3n) is 2.01. The summed E-state index contributed by atoms with van der Waals surface area (Å²) in [5.74, 6) is 0. The average Bonchev–Trinajstić information content (AvgIpc) is 2.18. The predicted octanol–water partition coefficient (Wildman–Crippen LogP) is 0.724. The zero-order chi connectivity index (χ0) is 9.90. The third-order valence-corrected chi connectivity index (χ3v) is 2.01. The Morgan fingerprint density at radius 2 is 2.31 bits per heavy atom. The first-order chi connectivity index (χ1) is 6.10. The maximum Gasteiger partial charge on any atom is 0.0991 e. The number of rotatable bonds is 2. The van der Waals surface area contributed by atoms with Crippen molar-refractivity contribution in [3.05, 3.63) is 35.4 Å². The molecule has 0 aliphatic carbocycles. The Morgan fingerprint density at radius 1 is 1.62 bits per heavy atom. The molecule has 3 N–H and O–H groups in total. The molecule has 0 saturated heterocycles. The van der Waals surface area contributed by atoms with Crippen molar-refractivity contribution in [1.29, 1.82) is 5.26 Å². The monoisotopic (exact) mass is 176 g/mol. The fraction of sp³-hybridized carbons (Fsp3) is 0.300. The number of hydrogen-bond acceptors (Lipinski definition) is 3. The number of nitrogens with two attached hydrogens (primary N) is 1. The number of benzene rings is 1. The lowest BCUT2D eigenvalue weighted by Crippen LogP contribution is -2.31. The fourth-order valence-corrected chi connectivity index (χ4v) is 1.04. The summed E-state index contributed by atoms with van der Waals surface area (Å²) in [6, 6.07) is 8.84. The highest BCUT2D eigenvalue weighted by molar-refractivity contribution is 5.35. The van der Waals surface area contributed by atoms with E-state index in [0.29, 0.717) is 11.1 Å². The van der Waals surface area contributed by atoms with Gasteiger partial charge in [-0.05, 0) is 24.6 Å². The van der Waals surface area contributed by atoms with Gasteiger partial charge in [-0.2, -0.15) is 5.26 Å². The van der Waals surface area contributed by atoms with E-state index in [4.69, 9.17) is 11.0 Å². The van der Waals surface area contributed by atoms with Crippen molar-refractivity contribution in [2.45, 2.75) is 12.5 Å². The van der Waals surface area contributed by atoms with E-state index in [2.05, 4.69) is 0 Å². The second-order valence-electron chi connectivity index (χ2n) is 3.17. The normalized spacial score (nSPS) is 14.6. The van der Waals surface area contributed by atoms with Crippen LogP contribution in [0.4, 0.5) is 0 Å². The summed E-state index contributed by atoms with van der Waals surface area (Å²) >= 11 is 0. The Hall–Kier alpha value is -1.37. The summed E-state index contributed by atoms with van der Waals surface area (Å²) in [5, 5.41) is 18.4. The molecular weight excluding hydrogens is 164 g/mol. The maximum atomic E-state index is 9.78. The molecule has 3 nitrogen and oxygen atoms in total. The van der Waals surface area contributed by atoms with Crippen molar-refractivity contribution >= 4 is 0 Å². The van der Waals surface area contributed by atoms with Crippen LogP contribution in [0.3, 0.4) is 0 Å². The Labute approximate surface area is 77.4 Å². The van der Waals surface area contributed by atoms with Crippen LogP contribution in [0, 0.1) is 11.3 Å². The number of nitriles is 1. The minimum absolute atomic E-state index is 0.141. The molecule has 0 saturated carbocycles. The number of aliphatic hydroxyl groups is 1. The third kappa shape index (κ3) is 2.05. The quantitative estimate of drug-likeness (QED) is 0.697. The molecule has 0 fully saturated rings. The summed E-state index contributed by atoms with van der Waals surface area (Å²) in [7, 11) is 0. The molecule has 1 aromatic rings. The van der Waals surface area contributed by atoms with Gasteiger partial charge in [0.05, 0.1) is 17.2 Å². The number of hydrogen-bond donors (Lipinski definition) is 2. The Kier molecular flexibility index (Phi) is 2.66. The summed E-state index contributed by atoms with van der Waals surface area (Å²) in [6.07, 6.45) is 0. The van der Waals surface area contributed by atoms with Gasteiger partial charge in [-0.15, -0.1) is 0 Å². The van der Waals surface area contributed by atoms with E-state index in [1.54, 1.807) is 31.2 Å². The van der Waals surface area contributed by atoms with Gasteiger partial charge in [-0.3, -0.25) is 0 Å². The van der Waals surface area contributed by atoms with E-state index >= 15 is 0 Å². The Bertz CT molecular complexity index is 339. The first kappa shape index (κ1) is 9.72. The lowest BCUT2D eigenvalue weighted by Gasteiger charge is -2.21. The van der Waals surface area contributed by atoms with Crippen LogP contribution < -0.4 is 5.73 Å². The van der Waals surface area contributed by atoms with Gasteiger partial charge in [0.25, 0.3) is 0 Å². The molecule has 0 radical (unpaired) electrons. The first-order valence-electron chi connectivity index (χ1n) is 4.03. The molecule has 1 rings (SSSR count). The van der Waals surface area contributed by atoms with Gasteiger partial charge in [0.1, 0.15) is 0 Å². The molecule has 0 amide bonds. The van der Waals surface area contributed by atoms with Crippen molar-refractivity contribution in [1.82, 2.24) is 0 Å². The summed E-state index contributed by atoms with van der Waals surface area (Å²) in [4.78, 5) is 0. The molecule has 0 aliphatic heterocycles. The molecule has 0 heterocycles. The molecule has 1 unspecified atom stereocenters. The van der Waals surface area contributed by atoms with Gasteiger partial charge < -0.3 is 10.8 Å². The van der Waals surface area contributed by atoms with Crippen LogP contribution in [0.1, 0.15) is 18.1 Å². The van der Waals surface area contributed by atoms with E-state index in [1.165, 1.54) is 0 Å². The van der Waals surface area contributed by atoms with E-state index in [0.717, 1.165) is 0 Å². The lowest BCUT2D eigenvalue weighted by molar-refractivity contribution is 0.0668. The minimum atomic E-state index is -1.05. The Balaban J connectivity index is 3.10. The van der Waals surface area contributed by atoms with Crippen molar-refractivity contribution in [3.8, 4) is 6.07 Å². The van der Waals surface area contributed by atoms with Gasteiger partial charge in [-0.1, -0.05) is 12.1 Å². The molecule has 0 spiro atoms. The topological polar surface area (TPSA) is 70.0 Å². The van der Waals surface area contributed by atoms with Gasteiger partial charge in [0.2, 0.25) is 0 Å². The van der Waals surface area contributed by atoms with Crippen LogP contribution in [0.2, 0.25) is 0 Å². The van der Waals surface area contributed by atoms with Crippen molar-refractivity contribution in [3.63, 3.8) is 0 Å². The van der Waals surface area contributed by atoms with Crippen molar-refractivity contribution in [2.24, 2.45) is 5.73 Å². The zero-order valence-electron chi connectivity index (χ0n) is 7.49. The van der Waals surface area contributed by atoms with Gasteiger partial charge >= 0.3 is 0 Å². The summed E-state index contributed by atoms with van der Waals surface area (Å²) in [6.45, 7) is 1.77. The molecule has 68 valence electrons. The van der Waals surface area contributed by atoms with Crippen LogP contribution >= 0.6 is 0 Å². The highest BCUT2D eigenvalue weighted by atomic mass is 16.3. The van der Waals surface area contributed by atoms with E-state index in [9.17, 15) is 5.11 Å². The number of nitrogens with zero attached hydrogens (tertiary/aromatic N) is 1. The van der Waals surface area contributed by atoms with Crippen LogP contribution in [-0.4, -0.2) is 11.7 Å². The van der Waals surface area contributed by atoms with Crippen LogP contribution in [0.25, 0.3) is 0 Å². The van der Waals surface area contributed by atoms with Gasteiger partial charge in [0.15, 0.2) is 0 Å². The van der Waals surface area contributed by atoms with Gasteiger partial charge in [-0.25, -0.2) is 0 Å². The van der Waals surface area contributed by atoms with E-state index in [-0.39, 0.29) is 6.54 Å². The largest absolute Gasteiger partial charge is 0.384 e. The minimum Gasteiger partial charge on any atom is -0.384 e. The molecule has 0 bridgehead atoms. The SMILES string of the molecule is CC(O)(CN)c1cccc(C#N)c1. The summed E-state index contributed by atoms with van der Waals surface area (Å²) in [5.41, 5.74) is 5.56. The molecule has 3 heteroatoms. The Morgan fingerprint density at radius 3 is 2.85 bits per heavy atom. The standard InChI is InChI=1S/C10H12N2O/c1-10(13,7-12)9-4-2-3-8(5-9)6-11/h2-5,13H,7,12H2,1H3. The maximum absolute atomic E-state index is 9.78. The summed E-state index contributed by atoms with van der Waals surface area (Å²) < 4.78 is 0.